The highest BCUT2D eigenvalue weighted by molar-refractivity contribution is 6.34. The predicted molar refractivity (Wildman–Crippen MR) is 129 cm³/mol. The Kier molecular flexibility index (Phi) is 6.76. The fourth-order valence-corrected chi connectivity index (χ4v) is 3.91. The Hall–Kier alpha value is -3.62. The molecule has 4 aromatic rings. The number of ether oxygens (including phenoxy) is 1. The van der Waals surface area contributed by atoms with Gasteiger partial charge in [0.1, 0.15) is 10.7 Å². The molecule has 0 aliphatic rings. The molecule has 0 bridgehead atoms. The quantitative estimate of drug-likeness (QED) is 0.221. The fraction of sp³-hybridized carbons (Fsp3) is 0.208. The third kappa shape index (κ3) is 4.92. The molecule has 33 heavy (non-hydrogen) atoms. The summed E-state index contributed by atoms with van der Waals surface area (Å²) in [6.07, 6.45) is 1.53. The molecule has 0 atom stereocenters. The average Bonchev–Trinajstić information content (AvgIpc) is 3.33. The average molecular weight is 467 g/mol. The van der Waals surface area contributed by atoms with E-state index < -0.39 is 5.91 Å². The Morgan fingerprint density at radius 1 is 1.21 bits per heavy atom. The normalized spacial score (nSPS) is 11.5. The van der Waals surface area contributed by atoms with Crippen LogP contribution in [0.15, 0.2) is 58.0 Å². The molecule has 2 amide bonds. The van der Waals surface area contributed by atoms with Crippen molar-refractivity contribution in [2.24, 2.45) is 5.10 Å². The molecule has 0 saturated heterocycles. The van der Waals surface area contributed by atoms with Crippen LogP contribution in [-0.4, -0.2) is 35.8 Å². The number of carbonyl (C=O) groups excluding carboxylic acids is 2. The van der Waals surface area contributed by atoms with Crippen molar-refractivity contribution in [1.29, 1.82) is 0 Å². The standard InChI is InChI=1S/C24H23ClN4O4/c1-3-32-11-10-29-20-7-5-4-6-18(20)19(23(29)25)14-26-28-24(31)22-13-16-12-17(27-15(2)30)8-9-21(16)33-22/h4-9,12-14H,3,10-11H2,1-2H3,(H,27,30)(H,28,31)/b26-14+. The van der Waals surface area contributed by atoms with Crippen molar-refractivity contribution in [3.8, 4) is 0 Å². The lowest BCUT2D eigenvalue weighted by Gasteiger charge is -2.06. The summed E-state index contributed by atoms with van der Waals surface area (Å²) in [5.41, 5.74) is 5.29. The number of fused-ring (bicyclic) bond motifs is 2. The second-order valence-corrected chi connectivity index (χ2v) is 7.67. The van der Waals surface area contributed by atoms with Gasteiger partial charge in [-0.15, -0.1) is 0 Å². The summed E-state index contributed by atoms with van der Waals surface area (Å²) in [4.78, 5) is 23.8. The van der Waals surface area contributed by atoms with Gasteiger partial charge in [-0.3, -0.25) is 9.59 Å². The number of hydrazone groups is 1. The van der Waals surface area contributed by atoms with Gasteiger partial charge < -0.3 is 19.0 Å². The first-order valence-electron chi connectivity index (χ1n) is 10.5. The van der Waals surface area contributed by atoms with Gasteiger partial charge in [0.05, 0.1) is 12.8 Å². The number of furan rings is 1. The summed E-state index contributed by atoms with van der Waals surface area (Å²) in [7, 11) is 0. The van der Waals surface area contributed by atoms with Gasteiger partial charge in [0.25, 0.3) is 0 Å². The van der Waals surface area contributed by atoms with Crippen LogP contribution in [0.5, 0.6) is 0 Å². The van der Waals surface area contributed by atoms with Crippen LogP contribution in [-0.2, 0) is 16.1 Å². The summed E-state index contributed by atoms with van der Waals surface area (Å²) in [5.74, 6) is -0.574. The van der Waals surface area contributed by atoms with Gasteiger partial charge in [0.15, 0.2) is 5.76 Å². The zero-order valence-corrected chi connectivity index (χ0v) is 19.0. The van der Waals surface area contributed by atoms with Crippen LogP contribution in [0.1, 0.15) is 30.0 Å². The SMILES string of the molecule is CCOCCn1c(Cl)c(/C=N/NC(=O)c2cc3cc(NC(C)=O)ccc3o2)c2ccccc21. The maximum atomic E-state index is 12.6. The number of nitrogens with one attached hydrogen (secondary N) is 2. The highest BCUT2D eigenvalue weighted by Crippen LogP contribution is 2.29. The molecular formula is C24H23ClN4O4. The Labute approximate surface area is 195 Å². The first-order valence-corrected chi connectivity index (χ1v) is 10.8. The van der Waals surface area contributed by atoms with Gasteiger partial charge in [-0.2, -0.15) is 5.10 Å². The number of anilines is 1. The molecule has 4 rings (SSSR count). The van der Waals surface area contributed by atoms with E-state index in [-0.39, 0.29) is 11.7 Å². The van der Waals surface area contributed by atoms with Crippen molar-refractivity contribution in [3.05, 3.63) is 65.0 Å². The summed E-state index contributed by atoms with van der Waals surface area (Å²) < 4.78 is 13.0. The summed E-state index contributed by atoms with van der Waals surface area (Å²) >= 11 is 6.62. The third-order valence-electron chi connectivity index (χ3n) is 5.03. The van der Waals surface area contributed by atoms with Gasteiger partial charge >= 0.3 is 5.91 Å². The molecular weight excluding hydrogens is 444 g/mol. The minimum absolute atomic E-state index is 0.104. The van der Waals surface area contributed by atoms with Crippen LogP contribution >= 0.6 is 11.6 Å². The van der Waals surface area contributed by atoms with Crippen molar-refractivity contribution in [3.63, 3.8) is 0 Å². The van der Waals surface area contributed by atoms with E-state index in [1.807, 2.05) is 35.8 Å². The second kappa shape index (κ2) is 9.89. The monoisotopic (exact) mass is 466 g/mol. The fourth-order valence-electron chi connectivity index (χ4n) is 3.59. The van der Waals surface area contributed by atoms with Crippen molar-refractivity contribution in [1.82, 2.24) is 9.99 Å². The summed E-state index contributed by atoms with van der Waals surface area (Å²) in [6.45, 7) is 5.15. The predicted octanol–water partition coefficient (Wildman–Crippen LogP) is 4.80. The number of hydrogen-bond donors (Lipinski definition) is 2. The minimum atomic E-state index is -0.500. The lowest BCUT2D eigenvalue weighted by atomic mass is 10.2. The summed E-state index contributed by atoms with van der Waals surface area (Å²) in [6, 6.07) is 14.5. The van der Waals surface area contributed by atoms with E-state index in [0.29, 0.717) is 47.1 Å². The largest absolute Gasteiger partial charge is 0.451 e. The third-order valence-corrected chi connectivity index (χ3v) is 5.44. The smallest absolute Gasteiger partial charge is 0.307 e. The van der Waals surface area contributed by atoms with Gasteiger partial charge in [0, 0.05) is 47.6 Å². The van der Waals surface area contributed by atoms with Crippen LogP contribution in [0.4, 0.5) is 5.69 Å². The molecule has 2 N–H and O–H groups in total. The van der Waals surface area contributed by atoms with Crippen LogP contribution in [0.3, 0.4) is 0 Å². The zero-order valence-electron chi connectivity index (χ0n) is 18.2. The number of rotatable bonds is 8. The van der Waals surface area contributed by atoms with Crippen LogP contribution in [0, 0.1) is 0 Å². The molecule has 0 aliphatic carbocycles. The molecule has 9 heteroatoms. The van der Waals surface area contributed by atoms with Crippen LogP contribution < -0.4 is 10.7 Å². The summed E-state index contributed by atoms with van der Waals surface area (Å²) in [5, 5.41) is 8.92. The maximum absolute atomic E-state index is 12.6. The Morgan fingerprint density at radius 3 is 2.82 bits per heavy atom. The number of hydrogen-bond acceptors (Lipinski definition) is 5. The number of halogens is 1. The molecule has 170 valence electrons. The molecule has 8 nitrogen and oxygen atoms in total. The number of amides is 2. The second-order valence-electron chi connectivity index (χ2n) is 7.31. The van der Waals surface area contributed by atoms with Crippen molar-refractivity contribution in [2.45, 2.75) is 20.4 Å². The number of nitrogens with zero attached hydrogens (tertiary/aromatic N) is 2. The van der Waals surface area contributed by atoms with Crippen molar-refractivity contribution >= 4 is 57.2 Å². The van der Waals surface area contributed by atoms with Gasteiger partial charge in [-0.1, -0.05) is 29.8 Å². The Bertz CT molecular complexity index is 1360. The van der Waals surface area contributed by atoms with E-state index in [4.69, 9.17) is 20.8 Å². The minimum Gasteiger partial charge on any atom is -0.451 e. The van der Waals surface area contributed by atoms with Crippen LogP contribution in [0.2, 0.25) is 5.15 Å². The lowest BCUT2D eigenvalue weighted by Crippen LogP contribution is -2.16. The van der Waals surface area contributed by atoms with E-state index in [0.717, 1.165) is 10.9 Å². The Balaban J connectivity index is 1.52. The first-order chi connectivity index (χ1) is 16.0. The van der Waals surface area contributed by atoms with Gasteiger partial charge in [-0.25, -0.2) is 5.43 Å². The van der Waals surface area contributed by atoms with E-state index >= 15 is 0 Å². The molecule has 0 spiro atoms. The number of benzene rings is 2. The van der Waals surface area contributed by atoms with Gasteiger partial charge in [-0.05, 0) is 37.3 Å². The highest BCUT2D eigenvalue weighted by Gasteiger charge is 2.15. The molecule has 0 saturated carbocycles. The molecule has 2 aromatic heterocycles. The first kappa shape index (κ1) is 22.6. The Morgan fingerprint density at radius 2 is 2.03 bits per heavy atom. The van der Waals surface area contributed by atoms with E-state index in [2.05, 4.69) is 15.8 Å². The van der Waals surface area contributed by atoms with E-state index in [1.54, 1.807) is 24.3 Å². The number of carbonyl (C=O) groups is 2. The van der Waals surface area contributed by atoms with E-state index in [1.165, 1.54) is 13.1 Å². The van der Waals surface area contributed by atoms with Crippen molar-refractivity contribution < 1.29 is 18.7 Å². The number of para-hydroxylation sites is 1. The molecule has 2 heterocycles. The van der Waals surface area contributed by atoms with Crippen LogP contribution in [0.25, 0.3) is 21.9 Å². The molecule has 0 unspecified atom stereocenters. The zero-order chi connectivity index (χ0) is 23.4. The van der Waals surface area contributed by atoms with Crippen molar-refractivity contribution in [2.75, 3.05) is 18.5 Å². The lowest BCUT2D eigenvalue weighted by molar-refractivity contribution is -0.114. The topological polar surface area (TPSA) is 97.9 Å². The molecule has 0 fully saturated rings. The highest BCUT2D eigenvalue weighted by atomic mass is 35.5. The molecule has 2 aromatic carbocycles. The molecule has 0 radical (unpaired) electrons. The van der Waals surface area contributed by atoms with Gasteiger partial charge in [0.2, 0.25) is 5.91 Å². The van der Waals surface area contributed by atoms with E-state index in [9.17, 15) is 9.59 Å². The maximum Gasteiger partial charge on any atom is 0.307 e. The molecule has 0 aliphatic heterocycles. The number of aromatic nitrogens is 1.